The summed E-state index contributed by atoms with van der Waals surface area (Å²) in [4.78, 5) is 10.3. The lowest BCUT2D eigenvalue weighted by Crippen LogP contribution is -2.62. The molecule has 34 heavy (non-hydrogen) atoms. The van der Waals surface area contributed by atoms with Crippen molar-refractivity contribution >= 4 is 6.29 Å². The Morgan fingerprint density at radius 3 is 2.06 bits per heavy atom. The van der Waals surface area contributed by atoms with Crippen LogP contribution >= 0.6 is 0 Å². The summed E-state index contributed by atoms with van der Waals surface area (Å²) in [6.45, 7) is 15.9. The fourth-order valence-electron chi connectivity index (χ4n) is 8.33. The number of carbonyl (C=O) groups is 1. The van der Waals surface area contributed by atoms with Crippen LogP contribution in [0.15, 0.2) is 58.7 Å². The zero-order valence-electron chi connectivity index (χ0n) is 23.0. The molecular weight excluding hydrogens is 414 g/mol. The summed E-state index contributed by atoms with van der Waals surface area (Å²) in [5.41, 5.74) is 13.4. The van der Waals surface area contributed by atoms with Crippen LogP contribution in [0.1, 0.15) is 106 Å². The van der Waals surface area contributed by atoms with Crippen molar-refractivity contribution in [2.24, 2.45) is 27.9 Å². The zero-order valence-corrected chi connectivity index (χ0v) is 23.0. The summed E-state index contributed by atoms with van der Waals surface area (Å²) in [6, 6.07) is 0. The van der Waals surface area contributed by atoms with Crippen molar-refractivity contribution in [1.29, 1.82) is 0 Å². The molecular formula is C32H49NO. The van der Waals surface area contributed by atoms with E-state index in [9.17, 15) is 4.79 Å². The molecule has 188 valence electrons. The molecule has 5 rings (SSSR count). The lowest BCUT2D eigenvalue weighted by Gasteiger charge is -2.64. The number of rotatable bonds is 5. The molecule has 0 aromatic rings. The standard InChI is InChI=1S/C20H28O.C12H21N/c1-16(8-6-9-17(2)13-15-21)11-12-19-18(3)10-7-14-20(19,4)5;1-10-3-9-4-11(2,6-10)8-12(13,5-9)7-10/h6,8-9,11-13,15H,7,10,14H2,1-5H3;9H,3-8,13H2,1-2H3/b9-6+,12-11+,16-8+,17-13+;. The number of carbonyl (C=O) groups excluding carboxylic acids is 1. The third-order valence-corrected chi connectivity index (χ3v) is 8.77. The third kappa shape index (κ3) is 6.72. The number of allylic oxidation sites excluding steroid dienone is 10. The van der Waals surface area contributed by atoms with E-state index in [1.165, 1.54) is 74.5 Å². The summed E-state index contributed by atoms with van der Waals surface area (Å²) in [5, 5.41) is 0. The van der Waals surface area contributed by atoms with Gasteiger partial charge in [0, 0.05) is 5.54 Å². The number of hydrogen-bond acceptors (Lipinski definition) is 2. The minimum absolute atomic E-state index is 0.225. The Morgan fingerprint density at radius 2 is 1.53 bits per heavy atom. The van der Waals surface area contributed by atoms with E-state index in [0.29, 0.717) is 10.8 Å². The van der Waals surface area contributed by atoms with Gasteiger partial charge >= 0.3 is 0 Å². The molecule has 0 aromatic heterocycles. The van der Waals surface area contributed by atoms with Crippen molar-refractivity contribution < 1.29 is 4.79 Å². The number of nitrogens with two attached hydrogens (primary N) is 1. The van der Waals surface area contributed by atoms with Gasteiger partial charge < -0.3 is 5.73 Å². The lowest BCUT2D eigenvalue weighted by molar-refractivity contribution is -0.105. The molecule has 0 heterocycles. The van der Waals surface area contributed by atoms with Crippen molar-refractivity contribution in [3.8, 4) is 0 Å². The molecule has 0 spiro atoms. The Balaban J connectivity index is 0.000000210. The molecule has 0 amide bonds. The first kappa shape index (κ1) is 26.9. The van der Waals surface area contributed by atoms with Crippen LogP contribution in [0.3, 0.4) is 0 Å². The first-order valence-corrected chi connectivity index (χ1v) is 13.4. The second-order valence-corrected chi connectivity index (χ2v) is 13.6. The van der Waals surface area contributed by atoms with E-state index >= 15 is 0 Å². The number of hydrogen-bond donors (Lipinski definition) is 1. The molecule has 0 saturated heterocycles. The maximum Gasteiger partial charge on any atom is 0.143 e. The van der Waals surface area contributed by atoms with Crippen LogP contribution in [0.5, 0.6) is 0 Å². The normalized spacial score (nSPS) is 37.4. The molecule has 5 aliphatic carbocycles. The van der Waals surface area contributed by atoms with Gasteiger partial charge in [0.25, 0.3) is 0 Å². The quantitative estimate of drug-likeness (QED) is 0.252. The van der Waals surface area contributed by atoms with Gasteiger partial charge in [-0.3, -0.25) is 4.79 Å². The van der Waals surface area contributed by atoms with Gasteiger partial charge in [0.05, 0.1) is 0 Å². The van der Waals surface area contributed by atoms with Crippen LogP contribution in [0.2, 0.25) is 0 Å². The van der Waals surface area contributed by atoms with Gasteiger partial charge in [0.15, 0.2) is 0 Å². The van der Waals surface area contributed by atoms with Crippen LogP contribution in [0.4, 0.5) is 0 Å². The average Bonchev–Trinajstić information content (AvgIpc) is 2.64. The van der Waals surface area contributed by atoms with Crippen molar-refractivity contribution in [1.82, 2.24) is 0 Å². The Kier molecular flexibility index (Phi) is 8.03. The monoisotopic (exact) mass is 463 g/mol. The predicted octanol–water partition coefficient (Wildman–Crippen LogP) is 8.41. The van der Waals surface area contributed by atoms with Gasteiger partial charge in [-0.2, -0.15) is 0 Å². The van der Waals surface area contributed by atoms with E-state index in [0.717, 1.165) is 17.8 Å². The van der Waals surface area contributed by atoms with E-state index in [1.807, 2.05) is 19.1 Å². The van der Waals surface area contributed by atoms with Crippen LogP contribution in [0.25, 0.3) is 0 Å². The minimum Gasteiger partial charge on any atom is -0.325 e. The molecule has 2 unspecified atom stereocenters. The average molecular weight is 464 g/mol. The smallest absolute Gasteiger partial charge is 0.143 e. The first-order chi connectivity index (χ1) is 15.8. The molecule has 2 nitrogen and oxygen atoms in total. The van der Waals surface area contributed by atoms with Crippen LogP contribution < -0.4 is 5.73 Å². The van der Waals surface area contributed by atoms with E-state index in [-0.39, 0.29) is 11.0 Å². The maximum atomic E-state index is 10.3. The predicted molar refractivity (Wildman–Crippen MR) is 147 cm³/mol. The summed E-state index contributed by atoms with van der Waals surface area (Å²) in [5.74, 6) is 0.955. The van der Waals surface area contributed by atoms with Gasteiger partial charge in [-0.1, -0.05) is 69.2 Å². The van der Waals surface area contributed by atoms with Crippen molar-refractivity contribution in [2.75, 3.05) is 0 Å². The molecule has 4 saturated carbocycles. The lowest BCUT2D eigenvalue weighted by atomic mass is 9.43. The fourth-order valence-corrected chi connectivity index (χ4v) is 8.33. The van der Waals surface area contributed by atoms with Crippen molar-refractivity contribution in [2.45, 2.75) is 112 Å². The molecule has 0 aromatic carbocycles. The Bertz CT molecular complexity index is 874. The van der Waals surface area contributed by atoms with Crippen molar-refractivity contribution in [3.63, 3.8) is 0 Å². The highest BCUT2D eigenvalue weighted by molar-refractivity contribution is 5.66. The summed E-state index contributed by atoms with van der Waals surface area (Å²) >= 11 is 0. The maximum absolute atomic E-state index is 10.3. The Hall–Kier alpha value is -1.67. The van der Waals surface area contributed by atoms with Crippen LogP contribution in [-0.4, -0.2) is 11.8 Å². The molecule has 2 heteroatoms. The van der Waals surface area contributed by atoms with Gasteiger partial charge in [-0.15, -0.1) is 0 Å². The van der Waals surface area contributed by atoms with E-state index in [1.54, 1.807) is 6.08 Å². The van der Waals surface area contributed by atoms with Gasteiger partial charge in [-0.25, -0.2) is 0 Å². The zero-order chi connectivity index (χ0) is 25.2. The molecule has 2 N–H and O–H groups in total. The van der Waals surface area contributed by atoms with Gasteiger partial charge in [0.1, 0.15) is 6.29 Å². The minimum atomic E-state index is 0.225. The molecule has 0 aliphatic heterocycles. The molecule has 2 atom stereocenters. The summed E-state index contributed by atoms with van der Waals surface area (Å²) in [6.07, 6.45) is 24.9. The molecule has 4 fully saturated rings. The fraction of sp³-hybridized carbons (Fsp3) is 0.656. The van der Waals surface area contributed by atoms with Gasteiger partial charge in [0.2, 0.25) is 0 Å². The van der Waals surface area contributed by atoms with E-state index in [2.05, 4.69) is 59.8 Å². The number of aldehydes is 1. The highest BCUT2D eigenvalue weighted by Crippen LogP contribution is 2.65. The topological polar surface area (TPSA) is 43.1 Å². The van der Waals surface area contributed by atoms with E-state index in [4.69, 9.17) is 5.73 Å². The second kappa shape index (κ2) is 10.1. The Morgan fingerprint density at radius 1 is 0.912 bits per heavy atom. The van der Waals surface area contributed by atoms with Crippen LogP contribution in [-0.2, 0) is 4.79 Å². The third-order valence-electron chi connectivity index (χ3n) is 8.77. The summed E-state index contributed by atoms with van der Waals surface area (Å²) < 4.78 is 0. The Labute approximate surface area is 209 Å². The second-order valence-electron chi connectivity index (χ2n) is 13.6. The largest absolute Gasteiger partial charge is 0.325 e. The molecule has 5 aliphatic rings. The van der Waals surface area contributed by atoms with Gasteiger partial charge in [-0.05, 0) is 118 Å². The highest BCUT2D eigenvalue weighted by atomic mass is 16.1. The SMILES string of the molecule is CC12CC3CC(C)(C1)CC(N)(C3)C2.CC1=C(/C=C/C(C)=C/C=C/C(C)=C/C=O)C(C)(C)CCC1. The summed E-state index contributed by atoms with van der Waals surface area (Å²) in [7, 11) is 0. The molecule has 4 bridgehead atoms. The first-order valence-electron chi connectivity index (χ1n) is 13.4. The highest BCUT2D eigenvalue weighted by Gasteiger charge is 2.58. The van der Waals surface area contributed by atoms with Crippen LogP contribution in [0, 0.1) is 22.2 Å². The molecule has 0 radical (unpaired) electrons. The van der Waals surface area contributed by atoms with Crippen molar-refractivity contribution in [3.05, 3.63) is 58.7 Å². The van der Waals surface area contributed by atoms with E-state index < -0.39 is 0 Å².